The van der Waals surface area contributed by atoms with E-state index in [1.165, 1.54) is 12.3 Å². The summed E-state index contributed by atoms with van der Waals surface area (Å²) in [6.45, 7) is 1.88. The average molecular weight is 464 g/mol. The second-order valence-electron chi connectivity index (χ2n) is 7.64. The number of fused-ring (bicyclic) bond motifs is 2. The molecule has 0 aliphatic heterocycles. The van der Waals surface area contributed by atoms with Crippen molar-refractivity contribution in [2.24, 2.45) is 5.73 Å². The Kier molecular flexibility index (Phi) is 6.01. The van der Waals surface area contributed by atoms with Crippen LogP contribution in [-0.2, 0) is 11.2 Å². The first kappa shape index (κ1) is 22.3. The fraction of sp³-hybridized carbons (Fsp3) is 0.130. The van der Waals surface area contributed by atoms with Gasteiger partial charge in [0, 0.05) is 46.9 Å². The first-order valence-electron chi connectivity index (χ1n) is 10.1. The number of primary amides is 1. The van der Waals surface area contributed by atoms with Crippen LogP contribution < -0.4 is 11.1 Å². The van der Waals surface area contributed by atoms with Crippen LogP contribution in [0.15, 0.2) is 61.2 Å². The second-order valence-corrected chi connectivity index (χ2v) is 7.64. The molecule has 0 aliphatic carbocycles. The minimum absolute atomic E-state index is 0. The summed E-state index contributed by atoms with van der Waals surface area (Å²) >= 11 is 0. The highest BCUT2D eigenvalue weighted by atomic mass is 32.1. The minimum Gasteiger partial charge on any atom is -0.368 e. The summed E-state index contributed by atoms with van der Waals surface area (Å²) in [5.41, 5.74) is 10.1. The van der Waals surface area contributed by atoms with Crippen molar-refractivity contribution in [1.29, 1.82) is 0 Å². The number of carbonyl (C=O) groups excluding carboxylic acids is 1. The van der Waals surface area contributed by atoms with E-state index in [4.69, 9.17) is 5.73 Å². The highest BCUT2D eigenvalue weighted by molar-refractivity contribution is 7.59. The van der Waals surface area contributed by atoms with Gasteiger partial charge in [0.25, 0.3) is 0 Å². The number of carbonyl (C=O) groups is 1. The molecule has 5 aromatic rings. The number of anilines is 1. The number of pyridine rings is 1. The molecule has 168 valence electrons. The molecule has 5 rings (SSSR count). The number of nitrogens with one attached hydrogen (secondary N) is 2. The number of para-hydroxylation sites is 1. The van der Waals surface area contributed by atoms with Crippen LogP contribution in [0.5, 0.6) is 0 Å². The van der Waals surface area contributed by atoms with Crippen LogP contribution in [0, 0.1) is 12.7 Å². The smallest absolute Gasteiger partial charge is 0.240 e. The monoisotopic (exact) mass is 463 g/mol. The summed E-state index contributed by atoms with van der Waals surface area (Å²) in [7, 11) is 0. The van der Waals surface area contributed by atoms with E-state index >= 15 is 0 Å². The number of aromatic nitrogens is 5. The second kappa shape index (κ2) is 8.91. The number of H-pyrrole nitrogens is 1. The van der Waals surface area contributed by atoms with E-state index in [1.807, 2.05) is 37.4 Å². The largest absolute Gasteiger partial charge is 0.368 e. The summed E-state index contributed by atoms with van der Waals surface area (Å²) in [5.74, 6) is -0.442. The van der Waals surface area contributed by atoms with E-state index < -0.39 is 17.8 Å². The van der Waals surface area contributed by atoms with Crippen molar-refractivity contribution in [3.8, 4) is 11.3 Å². The molecule has 0 fully saturated rings. The number of aryl methyl sites for hydroxylation is 1. The van der Waals surface area contributed by atoms with Gasteiger partial charge in [-0.05, 0) is 24.6 Å². The molecule has 0 saturated carbocycles. The first-order valence-corrected chi connectivity index (χ1v) is 10.1. The Hall–Kier alpha value is -3.92. The molecule has 33 heavy (non-hydrogen) atoms. The standard InChI is InChI=1S/C23H20FN7O.H2S/c1-13-9-28-31-21(8-19(30-23(13)31)15-6-16(24)12-26-10-15)29-20(22(25)32)7-14-11-27-18-5-3-2-4-17(14)18;/h2-6,8-12,20,27,29H,7H2,1H3,(H2,25,32);1H2. The van der Waals surface area contributed by atoms with Gasteiger partial charge in [0.1, 0.15) is 17.7 Å². The van der Waals surface area contributed by atoms with Gasteiger partial charge >= 0.3 is 0 Å². The fourth-order valence-electron chi connectivity index (χ4n) is 3.80. The molecule has 0 saturated heterocycles. The molecule has 0 aliphatic rings. The number of rotatable bonds is 6. The van der Waals surface area contributed by atoms with Crippen LogP contribution in [0.1, 0.15) is 11.1 Å². The number of hydrogen-bond acceptors (Lipinski definition) is 5. The lowest BCUT2D eigenvalue weighted by Crippen LogP contribution is -2.37. The first-order chi connectivity index (χ1) is 15.5. The predicted molar refractivity (Wildman–Crippen MR) is 130 cm³/mol. The van der Waals surface area contributed by atoms with E-state index in [-0.39, 0.29) is 13.5 Å². The molecule has 1 unspecified atom stereocenters. The van der Waals surface area contributed by atoms with Gasteiger partial charge in [-0.3, -0.25) is 9.78 Å². The number of benzene rings is 1. The molecule has 1 atom stereocenters. The van der Waals surface area contributed by atoms with Crippen LogP contribution in [-0.4, -0.2) is 36.5 Å². The molecule has 1 aromatic carbocycles. The summed E-state index contributed by atoms with van der Waals surface area (Å²) in [6.07, 6.45) is 6.61. The zero-order valence-corrected chi connectivity index (χ0v) is 18.7. The zero-order chi connectivity index (χ0) is 22.2. The minimum atomic E-state index is -0.706. The van der Waals surface area contributed by atoms with Crippen LogP contribution in [0.2, 0.25) is 0 Å². The van der Waals surface area contributed by atoms with Gasteiger partial charge in [0.05, 0.1) is 18.1 Å². The average Bonchev–Trinajstić information content (AvgIpc) is 3.37. The summed E-state index contributed by atoms with van der Waals surface area (Å²) < 4.78 is 15.4. The quantitative estimate of drug-likeness (QED) is 0.357. The topological polar surface area (TPSA) is 114 Å². The SMILES string of the molecule is Cc1cnn2c(NC(Cc3c[nH]c4ccccc34)C(N)=O)cc(-c3cncc(F)c3)nc12.S. The number of amides is 1. The van der Waals surface area contributed by atoms with Crippen LogP contribution in [0.4, 0.5) is 10.2 Å². The molecule has 0 radical (unpaired) electrons. The van der Waals surface area contributed by atoms with E-state index in [0.29, 0.717) is 29.1 Å². The molecule has 0 bridgehead atoms. The van der Waals surface area contributed by atoms with Gasteiger partial charge in [-0.15, -0.1) is 0 Å². The van der Waals surface area contributed by atoms with Crippen LogP contribution in [0.3, 0.4) is 0 Å². The fourth-order valence-corrected chi connectivity index (χ4v) is 3.80. The Labute approximate surface area is 195 Å². The van der Waals surface area contributed by atoms with Gasteiger partial charge in [-0.1, -0.05) is 18.2 Å². The van der Waals surface area contributed by atoms with Crippen LogP contribution >= 0.6 is 13.5 Å². The molecule has 4 aromatic heterocycles. The van der Waals surface area contributed by atoms with Crippen molar-refractivity contribution in [3.63, 3.8) is 0 Å². The molecular formula is C23H22FN7OS. The molecule has 4 heterocycles. The number of halogens is 1. The highest BCUT2D eigenvalue weighted by Crippen LogP contribution is 2.25. The Morgan fingerprint density at radius 2 is 2.06 bits per heavy atom. The lowest BCUT2D eigenvalue weighted by atomic mass is 10.0. The van der Waals surface area contributed by atoms with E-state index in [9.17, 15) is 9.18 Å². The van der Waals surface area contributed by atoms with Gasteiger partial charge in [-0.2, -0.15) is 23.1 Å². The lowest BCUT2D eigenvalue weighted by Gasteiger charge is -2.18. The highest BCUT2D eigenvalue weighted by Gasteiger charge is 2.21. The Bertz CT molecular complexity index is 1460. The van der Waals surface area contributed by atoms with Crippen molar-refractivity contribution in [2.45, 2.75) is 19.4 Å². The zero-order valence-electron chi connectivity index (χ0n) is 17.7. The molecule has 10 heteroatoms. The van der Waals surface area contributed by atoms with Gasteiger partial charge in [-0.25, -0.2) is 9.37 Å². The number of aromatic amines is 1. The van der Waals surface area contributed by atoms with E-state index in [0.717, 1.165) is 28.2 Å². The molecular weight excluding hydrogens is 441 g/mol. The number of nitrogens with two attached hydrogens (primary N) is 1. The van der Waals surface area contributed by atoms with Gasteiger partial charge < -0.3 is 16.0 Å². The van der Waals surface area contributed by atoms with Gasteiger partial charge in [0.2, 0.25) is 5.91 Å². The molecule has 1 amide bonds. The maximum absolute atomic E-state index is 13.8. The Morgan fingerprint density at radius 3 is 2.85 bits per heavy atom. The normalized spacial score (nSPS) is 11.9. The van der Waals surface area contributed by atoms with Crippen molar-refractivity contribution >= 4 is 41.8 Å². The maximum atomic E-state index is 13.8. The predicted octanol–water partition coefficient (Wildman–Crippen LogP) is 3.34. The summed E-state index contributed by atoms with van der Waals surface area (Å²) in [6, 6.07) is 10.2. The molecule has 0 spiro atoms. The lowest BCUT2D eigenvalue weighted by molar-refractivity contribution is -0.118. The van der Waals surface area contributed by atoms with Crippen LogP contribution in [0.25, 0.3) is 27.8 Å². The van der Waals surface area contributed by atoms with Crippen molar-refractivity contribution in [2.75, 3.05) is 5.32 Å². The van der Waals surface area contributed by atoms with Gasteiger partial charge in [0.15, 0.2) is 5.65 Å². The third-order valence-electron chi connectivity index (χ3n) is 5.41. The van der Waals surface area contributed by atoms with Crippen molar-refractivity contribution in [3.05, 3.63) is 78.1 Å². The Balaban J connectivity index is 0.00000259. The van der Waals surface area contributed by atoms with Crippen molar-refractivity contribution in [1.82, 2.24) is 24.6 Å². The third-order valence-corrected chi connectivity index (χ3v) is 5.41. The third kappa shape index (κ3) is 4.24. The van der Waals surface area contributed by atoms with E-state index in [2.05, 4.69) is 25.4 Å². The molecule has 4 N–H and O–H groups in total. The number of nitrogens with zero attached hydrogens (tertiary/aromatic N) is 4. The van der Waals surface area contributed by atoms with Crippen molar-refractivity contribution < 1.29 is 9.18 Å². The maximum Gasteiger partial charge on any atom is 0.240 e. The van der Waals surface area contributed by atoms with E-state index in [1.54, 1.807) is 16.8 Å². The molecule has 8 nitrogen and oxygen atoms in total. The summed E-state index contributed by atoms with van der Waals surface area (Å²) in [4.78, 5) is 24.1. The Morgan fingerprint density at radius 1 is 1.24 bits per heavy atom. The summed E-state index contributed by atoms with van der Waals surface area (Å²) in [5, 5.41) is 8.62. The number of hydrogen-bond donors (Lipinski definition) is 3.